The van der Waals surface area contributed by atoms with Crippen molar-refractivity contribution in [3.8, 4) is 5.69 Å². The van der Waals surface area contributed by atoms with Gasteiger partial charge in [-0.1, -0.05) is 18.2 Å². The van der Waals surface area contributed by atoms with Crippen molar-refractivity contribution in [2.24, 2.45) is 0 Å². The quantitative estimate of drug-likeness (QED) is 0.682. The zero-order chi connectivity index (χ0) is 11.9. The molecule has 18 heavy (non-hydrogen) atoms. The lowest BCUT2D eigenvalue weighted by atomic mass is 10.2. The molecule has 0 amide bonds. The van der Waals surface area contributed by atoms with Crippen LogP contribution < -0.4 is 0 Å². The first-order chi connectivity index (χ1) is 8.90. The molecule has 1 aliphatic rings. The number of fused-ring (bicyclic) bond motifs is 1. The fraction of sp³-hybridized carbons (Fsp3) is 0.200. The third-order valence-electron chi connectivity index (χ3n) is 3.43. The molecular formula is C15H13N3. The van der Waals surface area contributed by atoms with Gasteiger partial charge in [-0.25, -0.2) is 4.68 Å². The highest BCUT2D eigenvalue weighted by molar-refractivity contribution is 5.78. The number of rotatable bonds is 2. The van der Waals surface area contributed by atoms with E-state index in [4.69, 9.17) is 0 Å². The van der Waals surface area contributed by atoms with E-state index in [1.54, 1.807) is 0 Å². The van der Waals surface area contributed by atoms with Gasteiger partial charge in [-0.2, -0.15) is 5.10 Å². The van der Waals surface area contributed by atoms with Crippen LogP contribution in [0.25, 0.3) is 16.6 Å². The van der Waals surface area contributed by atoms with Crippen LogP contribution >= 0.6 is 0 Å². The van der Waals surface area contributed by atoms with Crippen molar-refractivity contribution in [3.05, 3.63) is 54.5 Å². The van der Waals surface area contributed by atoms with Gasteiger partial charge in [0.25, 0.3) is 0 Å². The van der Waals surface area contributed by atoms with E-state index < -0.39 is 0 Å². The van der Waals surface area contributed by atoms with E-state index in [0.29, 0.717) is 5.92 Å². The van der Waals surface area contributed by atoms with Crippen LogP contribution in [-0.4, -0.2) is 14.8 Å². The molecule has 2 heterocycles. The van der Waals surface area contributed by atoms with E-state index >= 15 is 0 Å². The summed E-state index contributed by atoms with van der Waals surface area (Å²) in [6, 6.07) is 12.3. The van der Waals surface area contributed by atoms with Gasteiger partial charge >= 0.3 is 0 Å². The van der Waals surface area contributed by atoms with Gasteiger partial charge in [-0.15, -0.1) is 0 Å². The molecule has 88 valence electrons. The zero-order valence-electron chi connectivity index (χ0n) is 9.95. The average Bonchev–Trinajstić information content (AvgIpc) is 3.18. The fourth-order valence-corrected chi connectivity index (χ4v) is 2.25. The van der Waals surface area contributed by atoms with Crippen molar-refractivity contribution in [2.75, 3.05) is 0 Å². The third kappa shape index (κ3) is 1.59. The minimum Gasteiger partial charge on any atom is -0.260 e. The van der Waals surface area contributed by atoms with Crippen LogP contribution in [0.1, 0.15) is 24.5 Å². The number of para-hydroxylation sites is 1. The molecule has 0 spiro atoms. The third-order valence-corrected chi connectivity index (χ3v) is 3.43. The Kier molecular flexibility index (Phi) is 2.00. The Labute approximate surface area is 105 Å². The molecule has 3 aromatic rings. The second-order valence-corrected chi connectivity index (χ2v) is 4.85. The molecule has 0 aliphatic heterocycles. The van der Waals surface area contributed by atoms with Crippen molar-refractivity contribution in [3.63, 3.8) is 0 Å². The molecule has 1 aromatic carbocycles. The molecule has 3 nitrogen and oxygen atoms in total. The SMILES string of the molecule is c1ccc(-n2cc3cnc(C4CC4)cc3n2)cc1. The summed E-state index contributed by atoms with van der Waals surface area (Å²) < 4.78 is 1.92. The molecule has 3 heteroatoms. The lowest BCUT2D eigenvalue weighted by Crippen LogP contribution is -1.92. The van der Waals surface area contributed by atoms with Gasteiger partial charge in [0.2, 0.25) is 0 Å². The van der Waals surface area contributed by atoms with Gasteiger partial charge in [0.1, 0.15) is 0 Å². The Balaban J connectivity index is 1.83. The van der Waals surface area contributed by atoms with Crippen LogP contribution in [0.3, 0.4) is 0 Å². The summed E-state index contributed by atoms with van der Waals surface area (Å²) in [4.78, 5) is 4.52. The Morgan fingerprint density at radius 2 is 1.94 bits per heavy atom. The number of hydrogen-bond acceptors (Lipinski definition) is 2. The summed E-state index contributed by atoms with van der Waals surface area (Å²) >= 11 is 0. The van der Waals surface area contributed by atoms with Gasteiger partial charge in [-0.05, 0) is 31.0 Å². The van der Waals surface area contributed by atoms with E-state index in [1.165, 1.54) is 18.5 Å². The average molecular weight is 235 g/mol. The maximum Gasteiger partial charge on any atom is 0.0961 e. The van der Waals surface area contributed by atoms with Crippen molar-refractivity contribution in [1.82, 2.24) is 14.8 Å². The number of benzene rings is 1. The largest absolute Gasteiger partial charge is 0.260 e. The van der Waals surface area contributed by atoms with Crippen LogP contribution in [0, 0.1) is 0 Å². The minimum absolute atomic E-state index is 0.677. The second-order valence-electron chi connectivity index (χ2n) is 4.85. The molecule has 0 atom stereocenters. The molecule has 0 unspecified atom stereocenters. The summed E-state index contributed by atoms with van der Waals surface area (Å²) in [7, 11) is 0. The molecule has 0 radical (unpaired) electrons. The summed E-state index contributed by atoms with van der Waals surface area (Å²) in [5.41, 5.74) is 3.32. The van der Waals surface area contributed by atoms with Gasteiger partial charge in [-0.3, -0.25) is 4.98 Å². The van der Waals surface area contributed by atoms with E-state index in [1.807, 2.05) is 35.3 Å². The molecule has 2 aromatic heterocycles. The highest BCUT2D eigenvalue weighted by Crippen LogP contribution is 2.39. The lowest BCUT2D eigenvalue weighted by Gasteiger charge is -1.98. The highest BCUT2D eigenvalue weighted by atomic mass is 15.3. The van der Waals surface area contributed by atoms with Crippen LogP contribution in [0.2, 0.25) is 0 Å². The van der Waals surface area contributed by atoms with E-state index in [0.717, 1.165) is 16.6 Å². The van der Waals surface area contributed by atoms with Gasteiger partial charge in [0, 0.05) is 29.4 Å². The van der Waals surface area contributed by atoms with Crippen molar-refractivity contribution in [1.29, 1.82) is 0 Å². The van der Waals surface area contributed by atoms with Gasteiger partial charge < -0.3 is 0 Å². The number of pyridine rings is 1. The predicted octanol–water partition coefficient (Wildman–Crippen LogP) is 3.30. The normalized spacial score (nSPS) is 15.1. The molecule has 1 fully saturated rings. The summed E-state index contributed by atoms with van der Waals surface area (Å²) in [5, 5.41) is 5.73. The maximum absolute atomic E-state index is 4.63. The minimum atomic E-state index is 0.677. The zero-order valence-corrected chi connectivity index (χ0v) is 9.95. The summed E-state index contributed by atoms with van der Waals surface area (Å²) in [6.07, 6.45) is 6.53. The maximum atomic E-state index is 4.63. The number of aromatic nitrogens is 3. The first-order valence-electron chi connectivity index (χ1n) is 6.31. The Morgan fingerprint density at radius 1 is 1.11 bits per heavy atom. The first kappa shape index (κ1) is 9.83. The summed E-state index contributed by atoms with van der Waals surface area (Å²) in [5.74, 6) is 0.677. The standard InChI is InChI=1S/C15H13N3/c1-2-4-13(5-3-1)18-10-12-9-16-14(11-6-7-11)8-15(12)17-18/h1-5,8-11H,6-7H2. The second kappa shape index (κ2) is 3.67. The fourth-order valence-electron chi connectivity index (χ4n) is 2.25. The molecule has 0 bridgehead atoms. The highest BCUT2D eigenvalue weighted by Gasteiger charge is 2.25. The van der Waals surface area contributed by atoms with Crippen LogP contribution in [0.15, 0.2) is 48.8 Å². The van der Waals surface area contributed by atoms with Gasteiger partial charge in [0.15, 0.2) is 0 Å². The number of hydrogen-bond donors (Lipinski definition) is 0. The molecular weight excluding hydrogens is 222 g/mol. The predicted molar refractivity (Wildman–Crippen MR) is 70.8 cm³/mol. The first-order valence-corrected chi connectivity index (χ1v) is 6.31. The van der Waals surface area contributed by atoms with E-state index in [2.05, 4.69) is 28.3 Å². The molecule has 1 aliphatic carbocycles. The topological polar surface area (TPSA) is 30.7 Å². The Morgan fingerprint density at radius 3 is 2.72 bits per heavy atom. The lowest BCUT2D eigenvalue weighted by molar-refractivity contribution is 0.895. The number of nitrogens with zero attached hydrogens (tertiary/aromatic N) is 3. The van der Waals surface area contributed by atoms with E-state index in [9.17, 15) is 0 Å². The van der Waals surface area contributed by atoms with Crippen molar-refractivity contribution >= 4 is 10.9 Å². The Bertz CT molecular complexity index is 696. The van der Waals surface area contributed by atoms with E-state index in [-0.39, 0.29) is 0 Å². The van der Waals surface area contributed by atoms with Crippen LogP contribution in [-0.2, 0) is 0 Å². The Hall–Kier alpha value is -2.16. The summed E-state index contributed by atoms with van der Waals surface area (Å²) in [6.45, 7) is 0. The molecule has 1 saturated carbocycles. The van der Waals surface area contributed by atoms with Crippen molar-refractivity contribution < 1.29 is 0 Å². The monoisotopic (exact) mass is 235 g/mol. The molecule has 0 saturated heterocycles. The molecule has 4 rings (SSSR count). The van der Waals surface area contributed by atoms with Crippen LogP contribution in [0.4, 0.5) is 0 Å². The molecule has 0 N–H and O–H groups in total. The van der Waals surface area contributed by atoms with Crippen LogP contribution in [0.5, 0.6) is 0 Å². The smallest absolute Gasteiger partial charge is 0.0961 e. The van der Waals surface area contributed by atoms with Gasteiger partial charge in [0.05, 0.1) is 11.2 Å². The van der Waals surface area contributed by atoms with Crippen molar-refractivity contribution in [2.45, 2.75) is 18.8 Å².